The molecule has 0 fully saturated rings. The summed E-state index contributed by atoms with van der Waals surface area (Å²) < 4.78 is 22.9. The Morgan fingerprint density at radius 2 is 2.24 bits per heavy atom. The van der Waals surface area contributed by atoms with Crippen molar-refractivity contribution in [1.29, 1.82) is 0 Å². The minimum absolute atomic E-state index is 0.273. The van der Waals surface area contributed by atoms with Crippen molar-refractivity contribution in [2.45, 2.75) is 6.54 Å². The lowest BCUT2D eigenvalue weighted by Crippen LogP contribution is -2.16. The maximum atomic E-state index is 10.9. The highest BCUT2D eigenvalue weighted by atomic mass is 79.9. The molecular weight excluding hydrogens is 342 g/mol. The van der Waals surface area contributed by atoms with Gasteiger partial charge in [-0.15, -0.1) is 11.3 Å². The van der Waals surface area contributed by atoms with Gasteiger partial charge in [0.05, 0.1) is 5.75 Å². The molecule has 1 rings (SSSR count). The molecule has 17 heavy (non-hydrogen) atoms. The monoisotopic (exact) mass is 357 g/mol. The van der Waals surface area contributed by atoms with Crippen molar-refractivity contribution >= 4 is 48.9 Å². The van der Waals surface area contributed by atoms with Crippen LogP contribution in [-0.2, 0) is 16.4 Å². The van der Waals surface area contributed by atoms with E-state index in [2.05, 4.69) is 32.7 Å². The second-order valence-corrected chi connectivity index (χ2v) is 9.05. The summed E-state index contributed by atoms with van der Waals surface area (Å²) in [5, 5.41) is 5.40. The number of sulfone groups is 1. The maximum Gasteiger partial charge on any atom is 0.148 e. The minimum Gasteiger partial charge on any atom is -0.311 e. The molecule has 1 heterocycles. The topological polar surface area (TPSA) is 46.2 Å². The summed E-state index contributed by atoms with van der Waals surface area (Å²) in [5.74, 6) is 1.91. The van der Waals surface area contributed by atoms with Crippen molar-refractivity contribution < 1.29 is 8.42 Å². The molecule has 1 N–H and O–H groups in total. The van der Waals surface area contributed by atoms with Crippen LogP contribution in [0.4, 0.5) is 0 Å². The predicted octanol–water partition coefficient (Wildman–Crippen LogP) is 2.38. The minimum atomic E-state index is -2.80. The van der Waals surface area contributed by atoms with E-state index in [9.17, 15) is 8.42 Å². The van der Waals surface area contributed by atoms with Crippen LogP contribution in [0.15, 0.2) is 15.9 Å². The third kappa shape index (κ3) is 8.20. The predicted molar refractivity (Wildman–Crippen MR) is 80.8 cm³/mol. The first-order valence-electron chi connectivity index (χ1n) is 5.16. The van der Waals surface area contributed by atoms with Gasteiger partial charge in [-0.25, -0.2) is 8.42 Å². The van der Waals surface area contributed by atoms with Crippen molar-refractivity contribution in [2.24, 2.45) is 0 Å². The van der Waals surface area contributed by atoms with Gasteiger partial charge in [-0.1, -0.05) is 0 Å². The number of hydrogen-bond donors (Lipinski definition) is 1. The molecule has 0 bridgehead atoms. The quantitative estimate of drug-likeness (QED) is 0.725. The molecule has 0 aromatic carbocycles. The van der Waals surface area contributed by atoms with Crippen molar-refractivity contribution in [3.63, 3.8) is 0 Å². The lowest BCUT2D eigenvalue weighted by molar-refractivity contribution is 0.603. The molecule has 0 saturated carbocycles. The van der Waals surface area contributed by atoms with Crippen LogP contribution in [0.1, 0.15) is 4.88 Å². The lowest BCUT2D eigenvalue weighted by Gasteiger charge is -2.02. The van der Waals surface area contributed by atoms with Gasteiger partial charge in [-0.2, -0.15) is 11.8 Å². The molecular formula is C10H16BrNO2S3. The number of thioether (sulfide) groups is 1. The van der Waals surface area contributed by atoms with E-state index in [-0.39, 0.29) is 5.75 Å². The average molecular weight is 358 g/mol. The van der Waals surface area contributed by atoms with E-state index in [0.717, 1.165) is 23.3 Å². The fourth-order valence-electron chi connectivity index (χ4n) is 1.11. The van der Waals surface area contributed by atoms with Crippen molar-refractivity contribution in [2.75, 3.05) is 30.1 Å². The summed E-state index contributed by atoms with van der Waals surface area (Å²) >= 11 is 6.81. The average Bonchev–Trinajstić information content (AvgIpc) is 2.61. The largest absolute Gasteiger partial charge is 0.311 e. The summed E-state index contributed by atoms with van der Waals surface area (Å²) in [7, 11) is -2.80. The smallest absolute Gasteiger partial charge is 0.148 e. The number of rotatable bonds is 8. The Labute approximate surface area is 119 Å². The van der Waals surface area contributed by atoms with Gasteiger partial charge in [-0.05, 0) is 22.0 Å². The molecule has 0 aliphatic heterocycles. The summed E-state index contributed by atoms with van der Waals surface area (Å²) in [6.45, 7) is 1.78. The van der Waals surface area contributed by atoms with Crippen LogP contribution in [0.25, 0.3) is 0 Å². The Hall–Kier alpha value is 0.440. The third-order valence-corrected chi connectivity index (χ3v) is 5.83. The number of halogens is 1. The van der Waals surface area contributed by atoms with Crippen LogP contribution in [0.5, 0.6) is 0 Å². The first-order chi connectivity index (χ1) is 7.97. The molecule has 1 aromatic heterocycles. The Bertz CT molecular complexity index is 431. The van der Waals surface area contributed by atoms with Crippen molar-refractivity contribution in [3.8, 4) is 0 Å². The fraction of sp³-hybridized carbons (Fsp3) is 0.600. The van der Waals surface area contributed by atoms with Crippen LogP contribution < -0.4 is 5.32 Å². The molecule has 0 radical (unpaired) electrons. The Morgan fingerprint density at radius 3 is 2.82 bits per heavy atom. The van der Waals surface area contributed by atoms with E-state index in [1.54, 1.807) is 23.1 Å². The van der Waals surface area contributed by atoms with Crippen LogP contribution in [0, 0.1) is 0 Å². The van der Waals surface area contributed by atoms with E-state index >= 15 is 0 Å². The molecule has 0 spiro atoms. The Morgan fingerprint density at radius 1 is 1.47 bits per heavy atom. The van der Waals surface area contributed by atoms with E-state index in [4.69, 9.17) is 0 Å². The fourth-order valence-corrected chi connectivity index (χ4v) is 4.71. The zero-order valence-electron chi connectivity index (χ0n) is 9.61. The molecule has 0 unspecified atom stereocenters. The molecule has 0 aliphatic carbocycles. The van der Waals surface area contributed by atoms with Crippen LogP contribution in [-0.4, -0.2) is 38.5 Å². The molecule has 0 saturated heterocycles. The molecule has 0 amide bonds. The van der Waals surface area contributed by atoms with Gasteiger partial charge in [0.15, 0.2) is 0 Å². The van der Waals surface area contributed by atoms with Crippen LogP contribution in [0.3, 0.4) is 0 Å². The SMILES string of the molecule is CS(=O)(=O)CCSCCNCc1cc(Br)cs1. The Balaban J connectivity index is 1.98. The number of hydrogen-bond acceptors (Lipinski definition) is 5. The highest BCUT2D eigenvalue weighted by molar-refractivity contribution is 9.10. The molecule has 0 atom stereocenters. The Kier molecular flexibility index (Phi) is 7.10. The summed E-state index contributed by atoms with van der Waals surface area (Å²) in [4.78, 5) is 1.30. The van der Waals surface area contributed by atoms with Gasteiger partial charge >= 0.3 is 0 Å². The van der Waals surface area contributed by atoms with E-state index in [1.165, 1.54) is 11.1 Å². The third-order valence-electron chi connectivity index (χ3n) is 1.94. The normalized spacial score (nSPS) is 11.9. The molecule has 98 valence electrons. The zero-order chi connectivity index (χ0) is 12.7. The first-order valence-corrected chi connectivity index (χ1v) is 10.1. The van der Waals surface area contributed by atoms with Crippen molar-refractivity contribution in [1.82, 2.24) is 5.32 Å². The maximum absolute atomic E-state index is 10.9. The highest BCUT2D eigenvalue weighted by Gasteiger charge is 2.01. The lowest BCUT2D eigenvalue weighted by atomic mass is 10.4. The van der Waals surface area contributed by atoms with Crippen LogP contribution in [0.2, 0.25) is 0 Å². The van der Waals surface area contributed by atoms with Gasteiger partial charge in [0.1, 0.15) is 9.84 Å². The molecule has 7 heteroatoms. The van der Waals surface area contributed by atoms with Gasteiger partial charge in [-0.3, -0.25) is 0 Å². The van der Waals surface area contributed by atoms with Gasteiger partial charge < -0.3 is 5.32 Å². The molecule has 1 aromatic rings. The van der Waals surface area contributed by atoms with Crippen LogP contribution >= 0.6 is 39.0 Å². The van der Waals surface area contributed by atoms with E-state index in [0.29, 0.717) is 5.75 Å². The standard InChI is InChI=1S/C10H16BrNO2S3/c1-17(13,14)5-4-15-3-2-12-7-10-6-9(11)8-16-10/h6,8,12H,2-5,7H2,1H3. The number of nitrogens with one attached hydrogen (secondary N) is 1. The second kappa shape index (κ2) is 7.78. The highest BCUT2D eigenvalue weighted by Crippen LogP contribution is 2.19. The summed E-state index contributed by atoms with van der Waals surface area (Å²) in [6, 6.07) is 2.11. The molecule has 0 aliphatic rings. The number of thiophene rings is 1. The summed E-state index contributed by atoms with van der Waals surface area (Å²) in [6.07, 6.45) is 1.28. The van der Waals surface area contributed by atoms with E-state index in [1.807, 2.05) is 0 Å². The van der Waals surface area contributed by atoms with Crippen molar-refractivity contribution in [3.05, 3.63) is 20.8 Å². The first kappa shape index (κ1) is 15.5. The summed E-state index contributed by atoms with van der Waals surface area (Å²) in [5.41, 5.74) is 0. The second-order valence-electron chi connectivity index (χ2n) is 3.65. The van der Waals surface area contributed by atoms with Gasteiger partial charge in [0, 0.05) is 45.6 Å². The van der Waals surface area contributed by atoms with E-state index < -0.39 is 9.84 Å². The van der Waals surface area contributed by atoms with Gasteiger partial charge in [0.2, 0.25) is 0 Å². The molecule has 3 nitrogen and oxygen atoms in total. The van der Waals surface area contributed by atoms with Gasteiger partial charge in [0.25, 0.3) is 0 Å². The zero-order valence-corrected chi connectivity index (χ0v) is 13.6.